The summed E-state index contributed by atoms with van der Waals surface area (Å²) in [5.74, 6) is 0. The van der Waals surface area contributed by atoms with Gasteiger partial charge in [-0.1, -0.05) is 0 Å². The minimum Gasteiger partial charge on any atom is -0.399 e. The van der Waals surface area contributed by atoms with E-state index in [0.29, 0.717) is 5.69 Å². The molecule has 0 saturated carbocycles. The molecule has 0 unspecified atom stereocenters. The average Bonchev–Trinajstić information content (AvgIpc) is 2.08. The topological polar surface area (TPSA) is 99.6 Å². The first-order valence-corrected chi connectivity index (χ1v) is 3.18. The zero-order chi connectivity index (χ0) is 9.14. The van der Waals surface area contributed by atoms with Gasteiger partial charge in [-0.25, -0.2) is 0 Å². The second-order valence-corrected chi connectivity index (χ2v) is 2.25. The predicted octanol–water partition coefficient (Wildman–Crippen LogP) is 0.594. The zero-order valence-electron chi connectivity index (χ0n) is 6.20. The maximum absolute atomic E-state index is 8.57. The lowest BCUT2D eigenvalue weighted by atomic mass is 10.1. The van der Waals surface area contributed by atoms with E-state index in [1.54, 1.807) is 0 Å². The van der Waals surface area contributed by atoms with Crippen molar-refractivity contribution in [2.24, 2.45) is 0 Å². The van der Waals surface area contributed by atoms with Crippen molar-refractivity contribution in [3.05, 3.63) is 23.3 Å². The molecule has 1 rings (SSSR count). The molecule has 58 valence electrons. The van der Waals surface area contributed by atoms with Gasteiger partial charge in [0.15, 0.2) is 0 Å². The van der Waals surface area contributed by atoms with E-state index in [1.807, 2.05) is 12.1 Å². The van der Waals surface area contributed by atoms with E-state index in [-0.39, 0.29) is 16.8 Å². The molecule has 0 saturated heterocycles. The lowest BCUT2D eigenvalue weighted by Crippen LogP contribution is -1.97. The largest absolute Gasteiger partial charge is 0.399 e. The van der Waals surface area contributed by atoms with Crippen molar-refractivity contribution < 1.29 is 0 Å². The first kappa shape index (κ1) is 7.90. The summed E-state index contributed by atoms with van der Waals surface area (Å²) in [4.78, 5) is 0. The Bertz CT molecular complexity index is 359. The van der Waals surface area contributed by atoms with Gasteiger partial charge in [-0.15, -0.1) is 0 Å². The summed E-state index contributed by atoms with van der Waals surface area (Å²) in [5, 5.41) is 17.1. The van der Waals surface area contributed by atoms with Gasteiger partial charge in [0.05, 0.1) is 16.8 Å². The Labute approximate surface area is 69.6 Å². The number of hydrogen-bond acceptors (Lipinski definition) is 4. The minimum absolute atomic E-state index is 0.189. The molecule has 0 radical (unpaired) electrons. The molecule has 0 heterocycles. The van der Waals surface area contributed by atoms with Gasteiger partial charge in [-0.05, 0) is 12.1 Å². The summed E-state index contributed by atoms with van der Waals surface area (Å²) in [6.07, 6.45) is 0. The molecule has 0 fully saturated rings. The first-order chi connectivity index (χ1) is 5.69. The van der Waals surface area contributed by atoms with Crippen LogP contribution in [0.5, 0.6) is 0 Å². The highest BCUT2D eigenvalue weighted by Gasteiger charge is 2.04. The van der Waals surface area contributed by atoms with Crippen LogP contribution in [0.3, 0.4) is 0 Å². The van der Waals surface area contributed by atoms with E-state index in [9.17, 15) is 0 Å². The summed E-state index contributed by atoms with van der Waals surface area (Å²) in [6, 6.07) is 6.59. The Balaban J connectivity index is 3.48. The number of nitrogens with two attached hydrogens (primary N) is 2. The number of anilines is 2. The van der Waals surface area contributed by atoms with Crippen molar-refractivity contribution in [1.82, 2.24) is 0 Å². The fourth-order valence-electron chi connectivity index (χ4n) is 0.861. The fraction of sp³-hybridized carbons (Fsp3) is 0. The molecule has 0 bridgehead atoms. The standard InChI is InChI=1S/C8H6N4/c9-3-5-1-7(11)2-6(4-10)8(5)12/h1-2H,11-12H2. The van der Waals surface area contributed by atoms with Crippen molar-refractivity contribution in [3.8, 4) is 12.1 Å². The van der Waals surface area contributed by atoms with Gasteiger partial charge >= 0.3 is 0 Å². The molecule has 12 heavy (non-hydrogen) atoms. The molecule has 1 aromatic rings. The lowest BCUT2D eigenvalue weighted by molar-refractivity contribution is 1.45. The van der Waals surface area contributed by atoms with Crippen LogP contribution in [0.4, 0.5) is 11.4 Å². The summed E-state index contributed by atoms with van der Waals surface area (Å²) in [7, 11) is 0. The molecule has 0 amide bonds. The zero-order valence-corrected chi connectivity index (χ0v) is 6.20. The predicted molar refractivity (Wildman–Crippen MR) is 44.7 cm³/mol. The number of hydrogen-bond donors (Lipinski definition) is 2. The van der Waals surface area contributed by atoms with Gasteiger partial charge in [0.2, 0.25) is 0 Å². The SMILES string of the molecule is N#Cc1cc(N)cc(C#N)c1N. The molecule has 0 atom stereocenters. The summed E-state index contributed by atoms with van der Waals surface area (Å²) in [5.41, 5.74) is 11.9. The van der Waals surface area contributed by atoms with Crippen molar-refractivity contribution in [3.63, 3.8) is 0 Å². The monoisotopic (exact) mass is 158 g/mol. The number of nitrogen functional groups attached to an aromatic ring is 2. The molecular weight excluding hydrogens is 152 g/mol. The molecule has 4 N–H and O–H groups in total. The molecule has 1 aromatic carbocycles. The van der Waals surface area contributed by atoms with E-state index < -0.39 is 0 Å². The van der Waals surface area contributed by atoms with Crippen LogP contribution < -0.4 is 11.5 Å². The van der Waals surface area contributed by atoms with Crippen LogP contribution in [0.1, 0.15) is 11.1 Å². The third kappa shape index (κ3) is 1.14. The highest BCUT2D eigenvalue weighted by atomic mass is 14.6. The van der Waals surface area contributed by atoms with E-state index in [1.165, 1.54) is 12.1 Å². The molecular formula is C8H6N4. The van der Waals surface area contributed by atoms with E-state index >= 15 is 0 Å². The average molecular weight is 158 g/mol. The molecule has 0 aliphatic heterocycles. The molecule has 0 aromatic heterocycles. The summed E-state index contributed by atoms with van der Waals surface area (Å²) >= 11 is 0. The normalized spacial score (nSPS) is 8.50. The van der Waals surface area contributed by atoms with Crippen LogP contribution in [0.25, 0.3) is 0 Å². The fourth-order valence-corrected chi connectivity index (χ4v) is 0.861. The van der Waals surface area contributed by atoms with Gasteiger partial charge in [0, 0.05) is 5.69 Å². The number of rotatable bonds is 0. The van der Waals surface area contributed by atoms with Crippen molar-refractivity contribution in [1.29, 1.82) is 10.5 Å². The first-order valence-electron chi connectivity index (χ1n) is 3.18. The molecule has 4 heteroatoms. The minimum atomic E-state index is 0.189. The Kier molecular flexibility index (Phi) is 1.85. The van der Waals surface area contributed by atoms with Gasteiger partial charge in [0.1, 0.15) is 12.1 Å². The van der Waals surface area contributed by atoms with Crippen LogP contribution in [0.2, 0.25) is 0 Å². The number of nitriles is 2. The third-order valence-corrected chi connectivity index (χ3v) is 1.44. The number of nitrogens with zero attached hydrogens (tertiary/aromatic N) is 2. The second-order valence-electron chi connectivity index (χ2n) is 2.25. The molecule has 0 aliphatic rings. The van der Waals surface area contributed by atoms with Gasteiger partial charge < -0.3 is 11.5 Å². The number of benzene rings is 1. The molecule has 4 nitrogen and oxygen atoms in total. The Morgan fingerprint density at radius 3 is 1.75 bits per heavy atom. The maximum Gasteiger partial charge on any atom is 0.101 e. The van der Waals surface area contributed by atoms with E-state index in [4.69, 9.17) is 22.0 Å². The van der Waals surface area contributed by atoms with Crippen LogP contribution in [-0.4, -0.2) is 0 Å². The molecule has 0 aliphatic carbocycles. The lowest BCUT2D eigenvalue weighted by Gasteiger charge is -2.00. The summed E-state index contributed by atoms with van der Waals surface area (Å²) < 4.78 is 0. The summed E-state index contributed by atoms with van der Waals surface area (Å²) in [6.45, 7) is 0. The van der Waals surface area contributed by atoms with E-state index in [2.05, 4.69) is 0 Å². The van der Waals surface area contributed by atoms with Gasteiger partial charge in [-0.3, -0.25) is 0 Å². The molecule has 0 spiro atoms. The van der Waals surface area contributed by atoms with Crippen LogP contribution in [0.15, 0.2) is 12.1 Å². The van der Waals surface area contributed by atoms with Gasteiger partial charge in [-0.2, -0.15) is 10.5 Å². The maximum atomic E-state index is 8.57. The smallest absolute Gasteiger partial charge is 0.101 e. The highest BCUT2D eigenvalue weighted by molar-refractivity contribution is 5.68. The van der Waals surface area contributed by atoms with Crippen molar-refractivity contribution >= 4 is 11.4 Å². The van der Waals surface area contributed by atoms with Crippen LogP contribution >= 0.6 is 0 Å². The third-order valence-electron chi connectivity index (χ3n) is 1.44. The van der Waals surface area contributed by atoms with E-state index in [0.717, 1.165) is 0 Å². The Morgan fingerprint density at radius 1 is 1.00 bits per heavy atom. The van der Waals surface area contributed by atoms with Crippen molar-refractivity contribution in [2.45, 2.75) is 0 Å². The highest BCUT2D eigenvalue weighted by Crippen LogP contribution is 2.19. The Morgan fingerprint density at radius 2 is 1.42 bits per heavy atom. The van der Waals surface area contributed by atoms with Crippen molar-refractivity contribution in [2.75, 3.05) is 11.5 Å². The van der Waals surface area contributed by atoms with Gasteiger partial charge in [0.25, 0.3) is 0 Å². The second kappa shape index (κ2) is 2.81. The quantitative estimate of drug-likeness (QED) is 0.540. The van der Waals surface area contributed by atoms with Crippen LogP contribution in [-0.2, 0) is 0 Å². The van der Waals surface area contributed by atoms with Crippen LogP contribution in [0, 0.1) is 22.7 Å². The Hall–Kier alpha value is -2.20.